The van der Waals surface area contributed by atoms with Gasteiger partial charge in [0, 0.05) is 0 Å². The molecule has 0 saturated carbocycles. The molecule has 1 rings (SSSR count). The van der Waals surface area contributed by atoms with E-state index in [0.717, 1.165) is 0 Å². The first-order valence-corrected chi connectivity index (χ1v) is 8.98. The summed E-state index contributed by atoms with van der Waals surface area (Å²) in [5, 5.41) is 42.9. The van der Waals surface area contributed by atoms with E-state index >= 15 is 0 Å². The summed E-state index contributed by atoms with van der Waals surface area (Å²) in [6, 6.07) is 0.839. The van der Waals surface area contributed by atoms with Crippen molar-refractivity contribution < 1.29 is 39.6 Å². The number of carbonyl (C=O) groups excluding carboxylic acids is 3. The van der Waals surface area contributed by atoms with Crippen molar-refractivity contribution in [3.8, 4) is 5.75 Å². The van der Waals surface area contributed by atoms with Gasteiger partial charge in [0.15, 0.2) is 0 Å². The van der Waals surface area contributed by atoms with Gasteiger partial charge in [0.05, 0.1) is 19.3 Å². The summed E-state index contributed by atoms with van der Waals surface area (Å²) in [6.07, 6.45) is 0.114. The van der Waals surface area contributed by atoms with E-state index in [4.69, 9.17) is 15.9 Å². The number of phenols is 1. The van der Waals surface area contributed by atoms with Gasteiger partial charge in [0.1, 0.15) is 23.9 Å². The summed E-state index contributed by atoms with van der Waals surface area (Å²) in [5.41, 5.74) is 6.48. The maximum atomic E-state index is 12.2. The van der Waals surface area contributed by atoms with E-state index in [1.165, 1.54) is 19.1 Å². The van der Waals surface area contributed by atoms with Gasteiger partial charge >= 0.3 is 5.97 Å². The van der Waals surface area contributed by atoms with Crippen molar-refractivity contribution in [2.24, 2.45) is 5.73 Å². The Morgan fingerprint density at radius 2 is 1.43 bits per heavy atom. The fourth-order valence-electron chi connectivity index (χ4n) is 2.31. The third-order valence-corrected chi connectivity index (χ3v) is 4.09. The summed E-state index contributed by atoms with van der Waals surface area (Å²) in [6.45, 7) is -0.349. The number of rotatable bonds is 11. The number of carbonyl (C=O) groups is 4. The second-order valence-corrected chi connectivity index (χ2v) is 6.53. The molecule has 0 spiro atoms. The Bertz CT molecular complexity index is 755. The molecule has 1 aromatic rings. The van der Waals surface area contributed by atoms with E-state index in [2.05, 4.69) is 10.6 Å². The minimum Gasteiger partial charge on any atom is -0.508 e. The van der Waals surface area contributed by atoms with Crippen LogP contribution in [-0.2, 0) is 25.6 Å². The number of hydrogen-bond donors (Lipinski definition) is 8. The number of amides is 3. The smallest absolute Gasteiger partial charge is 0.328 e. The minimum atomic E-state index is -1.54. The molecule has 166 valence electrons. The molecule has 9 N–H and O–H groups in total. The molecule has 3 amide bonds. The summed E-state index contributed by atoms with van der Waals surface area (Å²) >= 11 is 0. The zero-order valence-electron chi connectivity index (χ0n) is 16.2. The molecule has 12 nitrogen and oxygen atoms in total. The molecule has 0 saturated heterocycles. The van der Waals surface area contributed by atoms with Gasteiger partial charge in [0.2, 0.25) is 17.7 Å². The van der Waals surface area contributed by atoms with Crippen LogP contribution >= 0.6 is 0 Å². The number of nitrogens with one attached hydrogen (secondary N) is 3. The third kappa shape index (κ3) is 7.66. The number of aliphatic hydroxyl groups is 2. The first-order valence-electron chi connectivity index (χ1n) is 8.98. The average Bonchev–Trinajstić information content (AvgIpc) is 2.70. The van der Waals surface area contributed by atoms with Crippen LogP contribution in [0, 0.1) is 0 Å². The first kappa shape index (κ1) is 24.8. The van der Waals surface area contributed by atoms with E-state index in [0.29, 0.717) is 5.56 Å². The number of hydrogen-bond acceptors (Lipinski definition) is 8. The van der Waals surface area contributed by atoms with Gasteiger partial charge in [-0.3, -0.25) is 14.4 Å². The van der Waals surface area contributed by atoms with Gasteiger partial charge in [-0.1, -0.05) is 12.1 Å². The number of aromatic hydroxyl groups is 1. The predicted octanol–water partition coefficient (Wildman–Crippen LogP) is -3.19. The molecular weight excluding hydrogens is 400 g/mol. The molecule has 4 unspecified atom stereocenters. The number of carboxylic acids is 1. The number of aliphatic carboxylic acids is 1. The Morgan fingerprint density at radius 1 is 0.900 bits per heavy atom. The van der Waals surface area contributed by atoms with Gasteiger partial charge in [0.25, 0.3) is 0 Å². The topological polar surface area (TPSA) is 211 Å². The maximum absolute atomic E-state index is 12.2. The molecule has 12 heteroatoms. The van der Waals surface area contributed by atoms with Crippen LogP contribution in [-0.4, -0.2) is 81.5 Å². The van der Waals surface area contributed by atoms with Crippen molar-refractivity contribution in [1.82, 2.24) is 16.0 Å². The van der Waals surface area contributed by atoms with Crippen LogP contribution in [0.4, 0.5) is 0 Å². The van der Waals surface area contributed by atoms with E-state index in [1.807, 2.05) is 5.32 Å². The van der Waals surface area contributed by atoms with Gasteiger partial charge in [-0.15, -0.1) is 0 Å². The Kier molecular flexibility index (Phi) is 9.68. The Hall–Kier alpha value is -3.22. The molecule has 0 fully saturated rings. The highest BCUT2D eigenvalue weighted by Crippen LogP contribution is 2.11. The highest BCUT2D eigenvalue weighted by atomic mass is 16.4. The monoisotopic (exact) mass is 426 g/mol. The van der Waals surface area contributed by atoms with Crippen molar-refractivity contribution in [2.45, 2.75) is 37.5 Å². The quantitative estimate of drug-likeness (QED) is 0.179. The fourth-order valence-corrected chi connectivity index (χ4v) is 2.31. The number of nitrogens with two attached hydrogens (primary N) is 1. The van der Waals surface area contributed by atoms with Crippen LogP contribution in [0.15, 0.2) is 24.3 Å². The van der Waals surface area contributed by atoms with Crippen LogP contribution < -0.4 is 21.7 Å². The van der Waals surface area contributed by atoms with Crippen molar-refractivity contribution >= 4 is 23.7 Å². The zero-order valence-corrected chi connectivity index (χ0v) is 16.2. The summed E-state index contributed by atoms with van der Waals surface area (Å²) in [4.78, 5) is 47.2. The fraction of sp³-hybridized carbons (Fsp3) is 0.444. The molecule has 1 aromatic carbocycles. The minimum absolute atomic E-state index is 0.0561. The zero-order chi connectivity index (χ0) is 22.8. The van der Waals surface area contributed by atoms with Crippen LogP contribution in [0.5, 0.6) is 5.75 Å². The summed E-state index contributed by atoms with van der Waals surface area (Å²) in [7, 11) is 0. The highest BCUT2D eigenvalue weighted by molar-refractivity contribution is 5.94. The van der Waals surface area contributed by atoms with Crippen molar-refractivity contribution in [3.63, 3.8) is 0 Å². The molecular formula is C18H26N4O8. The van der Waals surface area contributed by atoms with Gasteiger partial charge in [-0.2, -0.15) is 0 Å². The molecule has 0 radical (unpaired) electrons. The SMILES string of the molecule is CC(NC(=O)C(CO)NC(=O)C(N)Cc1ccc(O)cc1)C(=O)NC(CO)C(=O)O. The van der Waals surface area contributed by atoms with E-state index in [1.54, 1.807) is 12.1 Å². The summed E-state index contributed by atoms with van der Waals surface area (Å²) in [5.74, 6) is -3.88. The average molecular weight is 426 g/mol. The van der Waals surface area contributed by atoms with Gasteiger partial charge in [-0.25, -0.2) is 4.79 Å². The van der Waals surface area contributed by atoms with E-state index in [-0.39, 0.29) is 12.2 Å². The van der Waals surface area contributed by atoms with Crippen molar-refractivity contribution in [3.05, 3.63) is 29.8 Å². The van der Waals surface area contributed by atoms with Crippen LogP contribution in [0.2, 0.25) is 0 Å². The largest absolute Gasteiger partial charge is 0.508 e. The lowest BCUT2D eigenvalue weighted by Gasteiger charge is -2.22. The molecule has 0 aliphatic carbocycles. The molecule has 0 aliphatic heterocycles. The van der Waals surface area contributed by atoms with Crippen molar-refractivity contribution in [1.29, 1.82) is 0 Å². The molecule has 30 heavy (non-hydrogen) atoms. The second kappa shape index (κ2) is 11.7. The number of aliphatic hydroxyl groups excluding tert-OH is 2. The Morgan fingerprint density at radius 3 is 1.93 bits per heavy atom. The number of carboxylic acid groups (broad SMARTS) is 1. The highest BCUT2D eigenvalue weighted by Gasteiger charge is 2.27. The molecule has 0 aromatic heterocycles. The van der Waals surface area contributed by atoms with Crippen LogP contribution in [0.1, 0.15) is 12.5 Å². The molecule has 0 heterocycles. The lowest BCUT2D eigenvalue weighted by molar-refractivity contribution is -0.143. The second-order valence-electron chi connectivity index (χ2n) is 6.53. The lowest BCUT2D eigenvalue weighted by Crippen LogP contribution is -2.57. The first-order chi connectivity index (χ1) is 14.1. The maximum Gasteiger partial charge on any atom is 0.328 e. The molecule has 0 aliphatic rings. The van der Waals surface area contributed by atoms with Gasteiger partial charge in [-0.05, 0) is 31.0 Å². The Labute approximate surface area is 172 Å². The molecule has 0 bridgehead atoms. The third-order valence-electron chi connectivity index (χ3n) is 4.09. The number of phenolic OH excluding ortho intramolecular Hbond substituents is 1. The normalized spacial score (nSPS) is 14.7. The predicted molar refractivity (Wildman–Crippen MR) is 103 cm³/mol. The van der Waals surface area contributed by atoms with E-state index in [9.17, 15) is 29.4 Å². The van der Waals surface area contributed by atoms with Gasteiger partial charge < -0.3 is 42.1 Å². The number of benzene rings is 1. The van der Waals surface area contributed by atoms with E-state index < -0.39 is 61.1 Å². The Balaban J connectivity index is 2.62. The van der Waals surface area contributed by atoms with Crippen LogP contribution in [0.3, 0.4) is 0 Å². The van der Waals surface area contributed by atoms with Crippen LogP contribution in [0.25, 0.3) is 0 Å². The summed E-state index contributed by atoms with van der Waals surface area (Å²) < 4.78 is 0. The standard InChI is InChI=1S/C18H26N4O8/c1-9(15(26)22-14(8-24)18(29)30)20-17(28)13(7-23)21-16(27)12(19)6-10-2-4-11(25)5-3-10/h2-5,9,12-14,23-25H,6-8,19H2,1H3,(H,20,28)(H,21,27)(H,22,26)(H,29,30). The lowest BCUT2D eigenvalue weighted by atomic mass is 10.1. The van der Waals surface area contributed by atoms with Crippen molar-refractivity contribution in [2.75, 3.05) is 13.2 Å². The molecule has 4 atom stereocenters.